The number of nitrogens with one attached hydrogen (secondary N) is 1. The normalized spacial score (nSPS) is 10.2. The maximum Gasteiger partial charge on any atom is 0.252 e. The molecule has 0 radical (unpaired) electrons. The number of para-hydroxylation sites is 1. The van der Waals surface area contributed by atoms with E-state index in [1.807, 2.05) is 79.7 Å². The molecule has 1 aromatic heterocycles. The van der Waals surface area contributed by atoms with Crippen molar-refractivity contribution in [1.29, 1.82) is 0 Å². The molecule has 0 saturated carbocycles. The van der Waals surface area contributed by atoms with Crippen molar-refractivity contribution in [1.82, 2.24) is 10.3 Å². The van der Waals surface area contributed by atoms with Crippen LogP contribution in [0, 0.1) is 6.92 Å². The molecule has 0 unspecified atom stereocenters. The number of rotatable bonds is 2. The zero-order chi connectivity index (χ0) is 18.9. The second kappa shape index (κ2) is 10.1. The molecule has 0 aliphatic carbocycles. The van der Waals surface area contributed by atoms with Crippen molar-refractivity contribution in [2.45, 2.75) is 74.3 Å². The molecule has 0 spiro atoms. The molecule has 134 valence electrons. The summed E-state index contributed by atoms with van der Waals surface area (Å²) >= 11 is 0. The minimum Gasteiger partial charge on any atom is -0.347 e. The van der Waals surface area contributed by atoms with Gasteiger partial charge in [0.1, 0.15) is 0 Å². The van der Waals surface area contributed by atoms with E-state index < -0.39 is 0 Å². The maximum atomic E-state index is 12.7. The Bertz CT molecular complexity index is 655. The third-order valence-electron chi connectivity index (χ3n) is 3.27. The second-order valence-corrected chi connectivity index (χ2v) is 6.13. The first kappa shape index (κ1) is 22.1. The molecule has 1 heterocycles. The van der Waals surface area contributed by atoms with Crippen LogP contribution in [-0.2, 0) is 6.42 Å². The van der Waals surface area contributed by atoms with Gasteiger partial charge >= 0.3 is 0 Å². The van der Waals surface area contributed by atoms with Gasteiger partial charge in [-0.15, -0.1) is 0 Å². The Labute approximate surface area is 147 Å². The van der Waals surface area contributed by atoms with E-state index in [0.29, 0.717) is 0 Å². The van der Waals surface area contributed by atoms with Gasteiger partial charge in [0.2, 0.25) is 0 Å². The Morgan fingerprint density at radius 1 is 1.08 bits per heavy atom. The van der Waals surface area contributed by atoms with Crippen molar-refractivity contribution in [2.75, 3.05) is 0 Å². The van der Waals surface area contributed by atoms with Gasteiger partial charge in [0.25, 0.3) is 5.91 Å². The molecule has 0 fully saturated rings. The lowest BCUT2D eigenvalue weighted by molar-refractivity contribution is 0.0920. The second-order valence-electron chi connectivity index (χ2n) is 6.13. The number of aryl methyl sites for hydroxylation is 1. The summed E-state index contributed by atoms with van der Waals surface area (Å²) in [5.74, 6) is -0.0175. The molecule has 24 heavy (non-hydrogen) atoms. The first-order valence-electron chi connectivity index (χ1n) is 9.04. The van der Waals surface area contributed by atoms with Crippen LogP contribution in [0.3, 0.4) is 0 Å². The van der Waals surface area contributed by atoms with Crippen LogP contribution >= 0.6 is 0 Å². The molecule has 2 aromatic rings. The highest BCUT2D eigenvalue weighted by molar-refractivity contribution is 6.07. The molecule has 3 nitrogen and oxygen atoms in total. The highest BCUT2D eigenvalue weighted by Crippen LogP contribution is 2.24. The van der Waals surface area contributed by atoms with Crippen molar-refractivity contribution in [3.8, 4) is 0 Å². The largest absolute Gasteiger partial charge is 0.347 e. The SMILES string of the molecule is CC.CC.CCc1c(C)nc2ccccc2c1C(=O)NC(C)(C)C. The summed E-state index contributed by atoms with van der Waals surface area (Å²) in [5.41, 5.74) is 3.36. The summed E-state index contributed by atoms with van der Waals surface area (Å²) in [6.07, 6.45) is 0.802. The van der Waals surface area contributed by atoms with Crippen LogP contribution in [0.15, 0.2) is 24.3 Å². The third-order valence-corrected chi connectivity index (χ3v) is 3.27. The molecule has 0 bridgehead atoms. The third kappa shape index (κ3) is 5.63. The van der Waals surface area contributed by atoms with Gasteiger partial charge in [-0.3, -0.25) is 9.78 Å². The van der Waals surface area contributed by atoms with Crippen molar-refractivity contribution < 1.29 is 4.79 Å². The van der Waals surface area contributed by atoms with Gasteiger partial charge in [0, 0.05) is 16.6 Å². The Hall–Kier alpha value is -1.90. The van der Waals surface area contributed by atoms with E-state index in [1.165, 1.54) is 0 Å². The minimum absolute atomic E-state index is 0.0175. The summed E-state index contributed by atoms with van der Waals surface area (Å²) in [7, 11) is 0. The first-order valence-corrected chi connectivity index (χ1v) is 9.04. The number of hydrogen-bond donors (Lipinski definition) is 1. The predicted molar refractivity (Wildman–Crippen MR) is 106 cm³/mol. The van der Waals surface area contributed by atoms with Crippen LogP contribution in [0.2, 0.25) is 0 Å². The van der Waals surface area contributed by atoms with Gasteiger partial charge in [-0.05, 0) is 45.7 Å². The highest BCUT2D eigenvalue weighted by atomic mass is 16.1. The van der Waals surface area contributed by atoms with Crippen LogP contribution in [0.25, 0.3) is 10.9 Å². The van der Waals surface area contributed by atoms with E-state index in [1.54, 1.807) is 0 Å². The van der Waals surface area contributed by atoms with Crippen molar-refractivity contribution in [3.05, 3.63) is 41.1 Å². The minimum atomic E-state index is -0.250. The van der Waals surface area contributed by atoms with E-state index >= 15 is 0 Å². The summed E-state index contributed by atoms with van der Waals surface area (Å²) in [6.45, 7) is 18.0. The standard InChI is InChI=1S/C17H22N2O.2C2H6/c1-6-12-11(2)18-14-10-8-7-9-13(14)15(12)16(20)19-17(3,4)5;2*1-2/h7-10H,6H2,1-5H3,(H,19,20);2*1-2H3. The molecule has 3 heteroatoms. The van der Waals surface area contributed by atoms with E-state index in [9.17, 15) is 4.79 Å². The monoisotopic (exact) mass is 330 g/mol. The Morgan fingerprint density at radius 2 is 1.62 bits per heavy atom. The van der Waals surface area contributed by atoms with E-state index in [0.717, 1.165) is 34.1 Å². The van der Waals surface area contributed by atoms with Gasteiger partial charge in [-0.1, -0.05) is 52.8 Å². The Balaban J connectivity index is 0.00000123. The fraction of sp³-hybridized carbons (Fsp3) is 0.524. The zero-order valence-electron chi connectivity index (χ0n) is 16.9. The number of pyridine rings is 1. The highest BCUT2D eigenvalue weighted by Gasteiger charge is 2.21. The average molecular weight is 331 g/mol. The lowest BCUT2D eigenvalue weighted by Crippen LogP contribution is -2.41. The summed E-state index contributed by atoms with van der Waals surface area (Å²) in [5, 5.41) is 3.99. The number of fused-ring (bicyclic) bond motifs is 1. The van der Waals surface area contributed by atoms with E-state index in [2.05, 4.69) is 17.2 Å². The molecule has 0 saturated heterocycles. The van der Waals surface area contributed by atoms with Gasteiger partial charge in [0.05, 0.1) is 11.1 Å². The number of nitrogens with zero attached hydrogens (tertiary/aromatic N) is 1. The fourth-order valence-corrected chi connectivity index (χ4v) is 2.47. The predicted octanol–water partition coefficient (Wildman–Crippen LogP) is 5.69. The molecule has 2 rings (SSSR count). The summed E-state index contributed by atoms with van der Waals surface area (Å²) in [4.78, 5) is 17.3. The van der Waals surface area contributed by atoms with Crippen LogP contribution < -0.4 is 5.32 Å². The van der Waals surface area contributed by atoms with Crippen molar-refractivity contribution in [3.63, 3.8) is 0 Å². The van der Waals surface area contributed by atoms with Crippen LogP contribution in [0.4, 0.5) is 0 Å². The first-order chi connectivity index (χ1) is 11.3. The number of hydrogen-bond acceptors (Lipinski definition) is 2. The molecule has 0 aliphatic heterocycles. The Kier molecular flexibility index (Phi) is 9.27. The number of aromatic nitrogens is 1. The number of carbonyl (C=O) groups excluding carboxylic acids is 1. The molecule has 1 amide bonds. The van der Waals surface area contributed by atoms with E-state index in [-0.39, 0.29) is 11.4 Å². The fourth-order valence-electron chi connectivity index (χ4n) is 2.47. The lowest BCUT2D eigenvalue weighted by Gasteiger charge is -2.22. The molecule has 1 aromatic carbocycles. The summed E-state index contributed by atoms with van der Waals surface area (Å²) in [6, 6.07) is 7.83. The quantitative estimate of drug-likeness (QED) is 0.769. The number of carbonyl (C=O) groups is 1. The van der Waals surface area contributed by atoms with Gasteiger partial charge in [-0.25, -0.2) is 0 Å². The molecule has 0 atom stereocenters. The molecular weight excluding hydrogens is 296 g/mol. The average Bonchev–Trinajstić information content (AvgIpc) is 2.55. The lowest BCUT2D eigenvalue weighted by atomic mass is 9.97. The Morgan fingerprint density at radius 3 is 2.12 bits per heavy atom. The van der Waals surface area contributed by atoms with Crippen molar-refractivity contribution in [2.24, 2.45) is 0 Å². The molecule has 1 N–H and O–H groups in total. The molecule has 0 aliphatic rings. The smallest absolute Gasteiger partial charge is 0.252 e. The van der Waals surface area contributed by atoms with Gasteiger partial charge < -0.3 is 5.32 Å². The van der Waals surface area contributed by atoms with E-state index in [4.69, 9.17) is 0 Å². The van der Waals surface area contributed by atoms with Crippen LogP contribution in [-0.4, -0.2) is 16.4 Å². The van der Waals surface area contributed by atoms with Gasteiger partial charge in [-0.2, -0.15) is 0 Å². The topological polar surface area (TPSA) is 42.0 Å². The molecular formula is C21H34N2O. The number of amides is 1. The maximum absolute atomic E-state index is 12.7. The summed E-state index contributed by atoms with van der Waals surface area (Å²) < 4.78 is 0. The van der Waals surface area contributed by atoms with Gasteiger partial charge in [0.15, 0.2) is 0 Å². The van der Waals surface area contributed by atoms with Crippen molar-refractivity contribution >= 4 is 16.8 Å². The van der Waals surface area contributed by atoms with Crippen LogP contribution in [0.5, 0.6) is 0 Å². The number of benzene rings is 1. The zero-order valence-corrected chi connectivity index (χ0v) is 16.9. The van der Waals surface area contributed by atoms with Crippen LogP contribution in [0.1, 0.15) is 77.0 Å².